The summed E-state index contributed by atoms with van der Waals surface area (Å²) in [7, 11) is -2.11. The fraction of sp³-hybridized carbons (Fsp3) is 0.364. The van der Waals surface area contributed by atoms with Gasteiger partial charge < -0.3 is 10.1 Å². The van der Waals surface area contributed by atoms with E-state index in [1.165, 1.54) is 16.4 Å². The van der Waals surface area contributed by atoms with Gasteiger partial charge in [-0.25, -0.2) is 8.42 Å². The summed E-state index contributed by atoms with van der Waals surface area (Å²) in [5, 5.41) is 12.2. The molecule has 1 saturated heterocycles. The summed E-state index contributed by atoms with van der Waals surface area (Å²) in [6.45, 7) is 1.45. The summed E-state index contributed by atoms with van der Waals surface area (Å²) in [5.41, 5.74) is 2.17. The van der Waals surface area contributed by atoms with Crippen LogP contribution in [0.1, 0.15) is 29.5 Å². The maximum atomic E-state index is 12.9. The lowest BCUT2D eigenvalue weighted by atomic mass is 9.97. The van der Waals surface area contributed by atoms with Crippen LogP contribution < -0.4 is 5.32 Å². The fourth-order valence-electron chi connectivity index (χ4n) is 3.61. The topological polar surface area (TPSA) is 99.5 Å². The molecule has 7 nitrogen and oxygen atoms in total. The van der Waals surface area contributed by atoms with Gasteiger partial charge in [-0.05, 0) is 36.1 Å². The molecule has 1 amide bonds. The Bertz CT molecular complexity index is 1040. The van der Waals surface area contributed by atoms with E-state index in [4.69, 9.17) is 4.74 Å². The molecule has 30 heavy (non-hydrogen) atoms. The van der Waals surface area contributed by atoms with Gasteiger partial charge in [-0.15, -0.1) is 0 Å². The number of sulfonamides is 1. The Labute approximate surface area is 177 Å². The Kier molecular flexibility index (Phi) is 7.21. The predicted octanol–water partition coefficient (Wildman–Crippen LogP) is 2.42. The van der Waals surface area contributed by atoms with Crippen molar-refractivity contribution < 1.29 is 17.9 Å². The van der Waals surface area contributed by atoms with Crippen LogP contribution in [0.3, 0.4) is 0 Å². The number of amides is 1. The Morgan fingerprint density at radius 1 is 1.17 bits per heavy atom. The standard InChI is InChI=1S/C22H25N3O4S/c1-29-16-18-6-4-5-17(13-18)15-24-22(26)19-9-11-25(12-10-19)30(27,28)21-8-3-2-7-20(21)14-23/h2-8,13,19H,9-12,15-16H2,1H3,(H,24,26). The van der Waals surface area contributed by atoms with Crippen LogP contribution in [0.4, 0.5) is 0 Å². The zero-order valence-electron chi connectivity index (χ0n) is 16.9. The summed E-state index contributed by atoms with van der Waals surface area (Å²) in [6, 6.07) is 16.0. The molecule has 2 aromatic rings. The Morgan fingerprint density at radius 2 is 1.87 bits per heavy atom. The third kappa shape index (κ3) is 5.05. The van der Waals surface area contributed by atoms with Gasteiger partial charge in [0.05, 0.1) is 17.1 Å². The fourth-order valence-corrected chi connectivity index (χ4v) is 5.22. The third-order valence-corrected chi connectivity index (χ3v) is 7.18. The van der Waals surface area contributed by atoms with Gasteiger partial charge in [0.1, 0.15) is 6.07 Å². The first-order valence-corrected chi connectivity index (χ1v) is 11.2. The highest BCUT2D eigenvalue weighted by atomic mass is 32.2. The van der Waals surface area contributed by atoms with E-state index in [1.807, 2.05) is 30.3 Å². The number of ether oxygens (including phenoxy) is 1. The maximum absolute atomic E-state index is 12.9. The zero-order valence-corrected chi connectivity index (χ0v) is 17.7. The van der Waals surface area contributed by atoms with Crippen molar-refractivity contribution in [2.45, 2.75) is 30.9 Å². The number of methoxy groups -OCH3 is 1. The van der Waals surface area contributed by atoms with Crippen molar-refractivity contribution in [1.29, 1.82) is 5.26 Å². The van der Waals surface area contributed by atoms with Crippen LogP contribution in [-0.2, 0) is 32.7 Å². The number of hydrogen-bond donors (Lipinski definition) is 1. The van der Waals surface area contributed by atoms with Crippen molar-refractivity contribution >= 4 is 15.9 Å². The van der Waals surface area contributed by atoms with Gasteiger partial charge in [-0.1, -0.05) is 36.4 Å². The summed E-state index contributed by atoms with van der Waals surface area (Å²) in [5.74, 6) is -0.300. The lowest BCUT2D eigenvalue weighted by Gasteiger charge is -2.30. The van der Waals surface area contributed by atoms with Gasteiger partial charge >= 0.3 is 0 Å². The van der Waals surface area contributed by atoms with Crippen LogP contribution in [0, 0.1) is 17.2 Å². The van der Waals surface area contributed by atoms with Gasteiger partial charge in [0, 0.05) is 32.7 Å². The average Bonchev–Trinajstić information content (AvgIpc) is 2.78. The lowest BCUT2D eigenvalue weighted by molar-refractivity contribution is -0.126. The molecule has 1 N–H and O–H groups in total. The highest BCUT2D eigenvalue weighted by Crippen LogP contribution is 2.25. The van der Waals surface area contributed by atoms with E-state index >= 15 is 0 Å². The summed E-state index contributed by atoms with van der Waals surface area (Å²) < 4.78 is 32.3. The molecule has 1 aliphatic rings. The van der Waals surface area contributed by atoms with Crippen molar-refractivity contribution in [2.24, 2.45) is 5.92 Å². The molecule has 2 aromatic carbocycles. The number of piperidine rings is 1. The minimum Gasteiger partial charge on any atom is -0.380 e. The number of rotatable bonds is 7. The molecule has 0 atom stereocenters. The number of carbonyl (C=O) groups excluding carboxylic acids is 1. The molecule has 158 valence electrons. The van der Waals surface area contributed by atoms with Crippen molar-refractivity contribution in [3.8, 4) is 6.07 Å². The Hall–Kier alpha value is -2.73. The minimum atomic E-state index is -3.75. The highest BCUT2D eigenvalue weighted by molar-refractivity contribution is 7.89. The number of carbonyl (C=O) groups is 1. The van der Waals surface area contributed by atoms with Crippen LogP contribution in [0.15, 0.2) is 53.4 Å². The van der Waals surface area contributed by atoms with Crippen molar-refractivity contribution in [1.82, 2.24) is 9.62 Å². The van der Waals surface area contributed by atoms with Crippen LogP contribution in [0.5, 0.6) is 0 Å². The van der Waals surface area contributed by atoms with Gasteiger partial charge in [-0.2, -0.15) is 9.57 Å². The van der Waals surface area contributed by atoms with E-state index < -0.39 is 10.0 Å². The van der Waals surface area contributed by atoms with Gasteiger partial charge in [0.2, 0.25) is 15.9 Å². The monoisotopic (exact) mass is 427 g/mol. The Balaban J connectivity index is 1.57. The second-order valence-electron chi connectivity index (χ2n) is 7.26. The zero-order chi connectivity index (χ0) is 21.6. The number of nitriles is 1. The van der Waals surface area contributed by atoms with E-state index in [1.54, 1.807) is 19.2 Å². The largest absolute Gasteiger partial charge is 0.380 e. The molecule has 0 bridgehead atoms. The SMILES string of the molecule is COCc1cccc(CNC(=O)C2CCN(S(=O)(=O)c3ccccc3C#N)CC2)c1. The average molecular weight is 428 g/mol. The summed E-state index contributed by atoms with van der Waals surface area (Å²) >= 11 is 0. The molecule has 3 rings (SSSR count). The van der Waals surface area contributed by atoms with E-state index in [-0.39, 0.29) is 35.4 Å². The van der Waals surface area contributed by atoms with Gasteiger partial charge in [0.15, 0.2) is 0 Å². The first kappa shape index (κ1) is 22.0. The number of nitrogens with zero attached hydrogens (tertiary/aromatic N) is 2. The molecule has 0 aliphatic carbocycles. The van der Waals surface area contributed by atoms with Crippen molar-refractivity contribution in [3.63, 3.8) is 0 Å². The first-order chi connectivity index (χ1) is 14.5. The molecule has 1 fully saturated rings. The van der Waals surface area contributed by atoms with Crippen LogP contribution in [0.2, 0.25) is 0 Å². The maximum Gasteiger partial charge on any atom is 0.244 e. The second-order valence-corrected chi connectivity index (χ2v) is 9.16. The van der Waals surface area contributed by atoms with E-state index in [9.17, 15) is 18.5 Å². The van der Waals surface area contributed by atoms with E-state index in [0.29, 0.717) is 26.0 Å². The molecule has 1 aliphatic heterocycles. The first-order valence-electron chi connectivity index (χ1n) is 9.79. The molecule has 0 aromatic heterocycles. The number of benzene rings is 2. The molecular weight excluding hydrogens is 402 g/mol. The van der Waals surface area contributed by atoms with Crippen LogP contribution in [-0.4, -0.2) is 38.8 Å². The van der Waals surface area contributed by atoms with E-state index in [0.717, 1.165) is 11.1 Å². The summed E-state index contributed by atoms with van der Waals surface area (Å²) in [4.78, 5) is 12.6. The van der Waals surface area contributed by atoms with Gasteiger partial charge in [0.25, 0.3) is 0 Å². The van der Waals surface area contributed by atoms with Crippen LogP contribution in [0.25, 0.3) is 0 Å². The molecule has 0 spiro atoms. The molecule has 0 unspecified atom stereocenters. The third-order valence-electron chi connectivity index (χ3n) is 5.22. The Morgan fingerprint density at radius 3 is 2.57 bits per heavy atom. The molecule has 1 heterocycles. The summed E-state index contributed by atoms with van der Waals surface area (Å²) in [6.07, 6.45) is 0.896. The number of nitrogens with one attached hydrogen (secondary N) is 1. The van der Waals surface area contributed by atoms with Crippen molar-refractivity contribution in [2.75, 3.05) is 20.2 Å². The minimum absolute atomic E-state index is 0.0198. The van der Waals surface area contributed by atoms with Crippen molar-refractivity contribution in [3.05, 3.63) is 65.2 Å². The molecular formula is C22H25N3O4S. The molecule has 0 radical (unpaired) electrons. The van der Waals surface area contributed by atoms with E-state index in [2.05, 4.69) is 5.32 Å². The number of hydrogen-bond acceptors (Lipinski definition) is 5. The second kappa shape index (κ2) is 9.85. The lowest BCUT2D eigenvalue weighted by Crippen LogP contribution is -2.43. The molecule has 8 heteroatoms. The quantitative estimate of drug-likeness (QED) is 0.732. The van der Waals surface area contributed by atoms with Gasteiger partial charge in [-0.3, -0.25) is 4.79 Å². The smallest absolute Gasteiger partial charge is 0.244 e. The normalized spacial score (nSPS) is 15.5. The van der Waals surface area contributed by atoms with Crippen LogP contribution >= 0.6 is 0 Å². The highest BCUT2D eigenvalue weighted by Gasteiger charge is 2.33. The molecule has 0 saturated carbocycles. The predicted molar refractivity (Wildman–Crippen MR) is 112 cm³/mol.